The zero-order valence-corrected chi connectivity index (χ0v) is 12.2. The Kier molecular flexibility index (Phi) is 3.94. The molecule has 4 heteroatoms. The number of nitrogens with one attached hydrogen (secondary N) is 1. The van der Waals surface area contributed by atoms with Gasteiger partial charge < -0.3 is 10.1 Å². The first kappa shape index (κ1) is 12.9. The lowest BCUT2D eigenvalue weighted by molar-refractivity contribution is -0.135. The van der Waals surface area contributed by atoms with Crippen LogP contribution in [-0.2, 0) is 11.2 Å². The third-order valence-electron chi connectivity index (χ3n) is 4.19. The monoisotopic (exact) mass is 285 g/mol. The summed E-state index contributed by atoms with van der Waals surface area (Å²) in [6.07, 6.45) is 7.34. The summed E-state index contributed by atoms with van der Waals surface area (Å²) >= 11 is 7.62. The molecule has 0 radical (unpaired) electrons. The van der Waals surface area contributed by atoms with Crippen LogP contribution in [0.2, 0.25) is 4.34 Å². The van der Waals surface area contributed by atoms with Crippen LogP contribution in [0.1, 0.15) is 37.0 Å². The number of ether oxygens (including phenoxy) is 1. The highest BCUT2D eigenvalue weighted by Crippen LogP contribution is 2.42. The molecule has 1 saturated heterocycles. The Morgan fingerprint density at radius 1 is 1.44 bits per heavy atom. The molecule has 1 atom stereocenters. The Hall–Kier alpha value is -0.0900. The van der Waals surface area contributed by atoms with Crippen LogP contribution in [0.25, 0.3) is 0 Å². The van der Waals surface area contributed by atoms with Crippen molar-refractivity contribution in [2.75, 3.05) is 13.2 Å². The molecule has 1 unspecified atom stereocenters. The summed E-state index contributed by atoms with van der Waals surface area (Å²) < 4.78 is 6.84. The van der Waals surface area contributed by atoms with E-state index in [0.29, 0.717) is 6.04 Å². The average Bonchev–Trinajstić information content (AvgIpc) is 2.74. The second-order valence-corrected chi connectivity index (χ2v) is 7.28. The Balaban J connectivity index is 1.43. The highest BCUT2D eigenvalue weighted by Gasteiger charge is 2.42. The molecule has 3 rings (SSSR count). The Morgan fingerprint density at radius 2 is 2.33 bits per heavy atom. The maximum Gasteiger partial charge on any atom is 0.0931 e. The lowest BCUT2D eigenvalue weighted by atomic mass is 9.74. The van der Waals surface area contributed by atoms with Crippen LogP contribution >= 0.6 is 22.9 Å². The molecule has 18 heavy (non-hydrogen) atoms. The third-order valence-corrected chi connectivity index (χ3v) is 5.48. The quantitative estimate of drug-likeness (QED) is 0.912. The molecule has 2 nitrogen and oxygen atoms in total. The summed E-state index contributed by atoms with van der Waals surface area (Å²) in [5.41, 5.74) is 0.252. The lowest BCUT2D eigenvalue weighted by Crippen LogP contribution is -2.51. The Morgan fingerprint density at radius 3 is 3.00 bits per heavy atom. The van der Waals surface area contributed by atoms with E-state index in [2.05, 4.69) is 11.4 Å². The van der Waals surface area contributed by atoms with E-state index in [0.717, 1.165) is 30.3 Å². The van der Waals surface area contributed by atoms with Gasteiger partial charge in [0.15, 0.2) is 0 Å². The molecule has 2 fully saturated rings. The van der Waals surface area contributed by atoms with Crippen LogP contribution in [0, 0.1) is 0 Å². The molecular formula is C14H20ClNOS. The first-order chi connectivity index (χ1) is 8.76. The van der Waals surface area contributed by atoms with Crippen LogP contribution in [0.5, 0.6) is 0 Å². The van der Waals surface area contributed by atoms with Gasteiger partial charge in [-0.2, -0.15) is 0 Å². The van der Waals surface area contributed by atoms with Crippen molar-refractivity contribution in [1.29, 1.82) is 0 Å². The Labute approximate surface area is 118 Å². The van der Waals surface area contributed by atoms with Crippen molar-refractivity contribution in [1.82, 2.24) is 5.32 Å². The summed E-state index contributed by atoms with van der Waals surface area (Å²) in [6, 6.07) is 4.76. The van der Waals surface area contributed by atoms with Crippen LogP contribution in [0.15, 0.2) is 12.1 Å². The van der Waals surface area contributed by atoms with Gasteiger partial charge in [0.25, 0.3) is 0 Å². The molecule has 1 N–H and O–H groups in total. The molecule has 0 bridgehead atoms. The van der Waals surface area contributed by atoms with Gasteiger partial charge in [0.1, 0.15) is 0 Å². The maximum absolute atomic E-state index is 5.94. The van der Waals surface area contributed by atoms with E-state index in [4.69, 9.17) is 16.3 Å². The number of thiophene rings is 1. The molecule has 1 saturated carbocycles. The van der Waals surface area contributed by atoms with Crippen LogP contribution in [-0.4, -0.2) is 24.8 Å². The van der Waals surface area contributed by atoms with Crippen LogP contribution in [0.3, 0.4) is 0 Å². The van der Waals surface area contributed by atoms with Gasteiger partial charge in [-0.15, -0.1) is 11.3 Å². The second-order valence-electron chi connectivity index (χ2n) is 5.48. The summed E-state index contributed by atoms with van der Waals surface area (Å²) in [4.78, 5) is 1.37. The first-order valence-corrected chi connectivity index (χ1v) is 8.07. The maximum atomic E-state index is 5.94. The minimum atomic E-state index is 0.252. The van der Waals surface area contributed by atoms with Crippen LogP contribution < -0.4 is 5.32 Å². The van der Waals surface area contributed by atoms with Crippen molar-refractivity contribution in [3.05, 3.63) is 21.3 Å². The van der Waals surface area contributed by atoms with Gasteiger partial charge in [0.2, 0.25) is 0 Å². The topological polar surface area (TPSA) is 21.3 Å². The summed E-state index contributed by atoms with van der Waals surface area (Å²) in [6.45, 7) is 1.99. The standard InChI is InChI=1S/C14H20ClNOS/c15-13-3-2-12(18-13)4-8-16-11-5-9-17-14(10-11)6-1-7-14/h2-3,11,16H,1,4-10H2. The summed E-state index contributed by atoms with van der Waals surface area (Å²) in [7, 11) is 0. The zero-order valence-electron chi connectivity index (χ0n) is 10.6. The predicted octanol–water partition coefficient (Wildman–Crippen LogP) is 3.64. The van der Waals surface area contributed by atoms with Gasteiger partial charge in [-0.1, -0.05) is 11.6 Å². The molecule has 100 valence electrons. The van der Waals surface area contributed by atoms with Gasteiger partial charge in [-0.05, 0) is 50.7 Å². The molecule has 2 heterocycles. The highest BCUT2D eigenvalue weighted by molar-refractivity contribution is 7.16. The van der Waals surface area contributed by atoms with Gasteiger partial charge in [-0.25, -0.2) is 0 Å². The fraction of sp³-hybridized carbons (Fsp3) is 0.714. The van der Waals surface area contributed by atoms with E-state index in [-0.39, 0.29) is 5.60 Å². The number of hydrogen-bond donors (Lipinski definition) is 1. The molecular weight excluding hydrogens is 266 g/mol. The van der Waals surface area contributed by atoms with Crippen molar-refractivity contribution in [3.8, 4) is 0 Å². The van der Waals surface area contributed by atoms with Crippen molar-refractivity contribution < 1.29 is 4.74 Å². The van der Waals surface area contributed by atoms with Crippen LogP contribution in [0.4, 0.5) is 0 Å². The minimum absolute atomic E-state index is 0.252. The van der Waals surface area contributed by atoms with Gasteiger partial charge in [0, 0.05) is 24.1 Å². The molecule has 1 aliphatic heterocycles. The first-order valence-electron chi connectivity index (χ1n) is 6.87. The highest BCUT2D eigenvalue weighted by atomic mass is 35.5. The fourth-order valence-electron chi connectivity index (χ4n) is 3.01. The van der Waals surface area contributed by atoms with Crippen molar-refractivity contribution in [2.45, 2.75) is 50.2 Å². The summed E-state index contributed by atoms with van der Waals surface area (Å²) in [5.74, 6) is 0. The van der Waals surface area contributed by atoms with Gasteiger partial charge >= 0.3 is 0 Å². The average molecular weight is 286 g/mol. The van der Waals surface area contributed by atoms with Crippen molar-refractivity contribution >= 4 is 22.9 Å². The SMILES string of the molecule is Clc1ccc(CCNC2CCOC3(CCC3)C2)s1. The molecule has 1 aliphatic carbocycles. The second kappa shape index (κ2) is 5.49. The van der Waals surface area contributed by atoms with E-state index >= 15 is 0 Å². The largest absolute Gasteiger partial charge is 0.375 e. The Bertz CT molecular complexity index is 402. The molecule has 1 aromatic heterocycles. The van der Waals surface area contributed by atoms with E-state index in [1.54, 1.807) is 11.3 Å². The predicted molar refractivity (Wildman–Crippen MR) is 76.6 cm³/mol. The number of halogens is 1. The molecule has 1 aromatic rings. The lowest BCUT2D eigenvalue weighted by Gasteiger charge is -2.47. The number of hydrogen-bond acceptors (Lipinski definition) is 3. The minimum Gasteiger partial charge on any atom is -0.375 e. The van der Waals surface area contributed by atoms with E-state index in [1.165, 1.54) is 30.6 Å². The van der Waals surface area contributed by atoms with Gasteiger partial charge in [-0.3, -0.25) is 0 Å². The van der Waals surface area contributed by atoms with E-state index in [1.807, 2.05) is 6.07 Å². The van der Waals surface area contributed by atoms with E-state index < -0.39 is 0 Å². The van der Waals surface area contributed by atoms with Gasteiger partial charge in [0.05, 0.1) is 9.94 Å². The van der Waals surface area contributed by atoms with Crippen molar-refractivity contribution in [3.63, 3.8) is 0 Å². The number of rotatable bonds is 4. The zero-order chi connectivity index (χ0) is 12.4. The summed E-state index contributed by atoms with van der Waals surface area (Å²) in [5, 5.41) is 3.69. The normalized spacial score (nSPS) is 26.2. The smallest absolute Gasteiger partial charge is 0.0931 e. The van der Waals surface area contributed by atoms with Crippen molar-refractivity contribution in [2.24, 2.45) is 0 Å². The molecule has 0 aromatic carbocycles. The molecule has 1 spiro atoms. The fourth-order valence-corrected chi connectivity index (χ4v) is 4.09. The third kappa shape index (κ3) is 2.90. The van der Waals surface area contributed by atoms with E-state index in [9.17, 15) is 0 Å². The molecule has 0 amide bonds. The molecule has 2 aliphatic rings.